The summed E-state index contributed by atoms with van der Waals surface area (Å²) in [5, 5.41) is 47.4. The van der Waals surface area contributed by atoms with Crippen LogP contribution in [-0.4, -0.2) is 89.8 Å². The number of carbonyl (C=O) groups is 2. The van der Waals surface area contributed by atoms with Crippen molar-refractivity contribution in [1.29, 1.82) is 0 Å². The maximum absolute atomic E-state index is 13.9. The van der Waals surface area contributed by atoms with E-state index in [4.69, 9.17) is 33.1 Å². The molecule has 4 saturated carbocycles. The summed E-state index contributed by atoms with van der Waals surface area (Å²) in [4.78, 5) is 26.4. The summed E-state index contributed by atoms with van der Waals surface area (Å²) >= 11 is 0.207. The zero-order valence-electron chi connectivity index (χ0n) is 32.1. The number of aryl methyl sites for hydroxylation is 1. The number of benzene rings is 1. The second kappa shape index (κ2) is 18.4. The van der Waals surface area contributed by atoms with Crippen molar-refractivity contribution in [2.75, 3.05) is 5.75 Å². The lowest BCUT2D eigenvalue weighted by atomic mass is 9.43. The van der Waals surface area contributed by atoms with Gasteiger partial charge in [-0.25, -0.2) is 18.9 Å². The molecule has 4 aliphatic carbocycles. The Morgan fingerprint density at radius 1 is 1.00 bits per heavy atom. The van der Waals surface area contributed by atoms with Crippen molar-refractivity contribution < 1.29 is 80.1 Å². The van der Waals surface area contributed by atoms with Crippen LogP contribution in [0.25, 0.3) is 0 Å². The first-order valence-corrected chi connectivity index (χ1v) is 22.0. The molecule has 1 heterocycles. The molecule has 5 fully saturated rings. The topological polar surface area (TPSA) is 232 Å². The first-order valence-electron chi connectivity index (χ1n) is 19.0. The molecule has 1 aromatic carbocycles. The highest BCUT2D eigenvalue weighted by molar-refractivity contribution is 7.91. The van der Waals surface area contributed by atoms with E-state index in [0.717, 1.165) is 30.4 Å². The Morgan fingerprint density at radius 3 is 2.30 bits per heavy atom. The van der Waals surface area contributed by atoms with E-state index in [0.29, 0.717) is 19.3 Å². The maximum atomic E-state index is 13.9. The molecule has 1 aromatic rings. The van der Waals surface area contributed by atoms with Gasteiger partial charge < -0.3 is 24.4 Å². The predicted molar refractivity (Wildman–Crippen MR) is 200 cm³/mol. The fourth-order valence-corrected chi connectivity index (χ4v) is 12.9. The molecule has 1 saturated heterocycles. The van der Waals surface area contributed by atoms with Crippen LogP contribution in [0.15, 0.2) is 41.3 Å². The third kappa shape index (κ3) is 9.24. The van der Waals surface area contributed by atoms with E-state index in [2.05, 4.69) is 32.2 Å². The van der Waals surface area contributed by atoms with Crippen molar-refractivity contribution in [1.82, 2.24) is 0 Å². The molecular formula is C37H52O17S3. The summed E-state index contributed by atoms with van der Waals surface area (Å²) in [6.45, 7) is 11.7. The van der Waals surface area contributed by atoms with E-state index in [-0.39, 0.29) is 66.1 Å². The van der Waals surface area contributed by atoms with Crippen molar-refractivity contribution in [3.05, 3.63) is 42.0 Å². The number of aliphatic carboxylic acids is 1. The smallest absolute Gasteiger partial charge is 0.306 e. The standard InChI is InChI=1S/C37H52O17S3/c1-19(2)14-29(38)48-32-31(50-56-54-52-43)30(49-55-53-51-42)27(18-57(44,45)24-9-6-20(3)7-10-24)47-35(32)46-23-15-25(34(40)41)26-12-13-37-16-22(21(4)33(37)39)8-11-28(37)36(26,5)17-23/h6-7,9-10,19,22-23,25-28,30-33,35,39,42-43H,4,8,11-18H2,1-3,5H3,(H,40,41)/t22?,23?,25?,26?,27-,28?,30-,31-,32?,33+,35+,36?,37?/m1/s1. The lowest BCUT2D eigenvalue weighted by Crippen LogP contribution is -2.63. The van der Waals surface area contributed by atoms with E-state index in [1.54, 1.807) is 32.9 Å². The molecule has 320 valence electrons. The Kier molecular flexibility index (Phi) is 14.4. The van der Waals surface area contributed by atoms with Gasteiger partial charge in [-0.1, -0.05) is 55.1 Å². The summed E-state index contributed by atoms with van der Waals surface area (Å²) in [6.07, 6.45) is -4.94. The van der Waals surface area contributed by atoms with Gasteiger partial charge in [0.15, 0.2) is 46.9 Å². The average molecular weight is 865 g/mol. The zero-order valence-corrected chi connectivity index (χ0v) is 34.6. The zero-order chi connectivity index (χ0) is 41.3. The van der Waals surface area contributed by atoms with Crippen molar-refractivity contribution >= 4 is 46.4 Å². The maximum Gasteiger partial charge on any atom is 0.306 e. The molecule has 4 N–H and O–H groups in total. The number of sulfone groups is 1. The molecule has 57 heavy (non-hydrogen) atoms. The van der Waals surface area contributed by atoms with Gasteiger partial charge in [0.2, 0.25) is 0 Å². The molecule has 20 heteroatoms. The van der Waals surface area contributed by atoms with Crippen LogP contribution < -0.4 is 0 Å². The second-order valence-electron chi connectivity index (χ2n) is 16.8. The molecule has 1 aliphatic heterocycles. The summed E-state index contributed by atoms with van der Waals surface area (Å²) in [6, 6.07) is 6.14. The Hall–Kier alpha value is -1.89. The molecule has 17 nitrogen and oxygen atoms in total. The summed E-state index contributed by atoms with van der Waals surface area (Å²) in [5.74, 6) is -3.41. The highest BCUT2D eigenvalue weighted by atomic mass is 32.2. The Labute approximate surface area is 340 Å². The van der Waals surface area contributed by atoms with Gasteiger partial charge in [0.05, 0.1) is 28.8 Å². The van der Waals surface area contributed by atoms with E-state index in [1.807, 2.05) is 0 Å². The lowest BCUT2D eigenvalue weighted by molar-refractivity contribution is -0.436. The fraction of sp³-hybridized carbons (Fsp3) is 0.730. The molecule has 0 aromatic heterocycles. The Balaban J connectivity index is 1.38. The number of aliphatic hydroxyl groups excluding tert-OH is 1. The van der Waals surface area contributed by atoms with Crippen LogP contribution in [-0.2, 0) is 60.7 Å². The lowest BCUT2D eigenvalue weighted by Gasteiger charge is -2.62. The molecule has 0 amide bonds. The highest BCUT2D eigenvalue weighted by Gasteiger charge is 2.67. The third-order valence-corrected chi connectivity index (χ3v) is 15.6. The number of carboxylic acid groups (broad SMARTS) is 1. The van der Waals surface area contributed by atoms with Crippen molar-refractivity contribution in [2.45, 2.75) is 127 Å². The van der Waals surface area contributed by atoms with Gasteiger partial charge in [0, 0.05) is 11.8 Å². The van der Waals surface area contributed by atoms with Gasteiger partial charge in [-0.3, -0.25) is 18.0 Å². The number of carbonyl (C=O) groups excluding carboxylic acids is 1. The number of esters is 1. The highest BCUT2D eigenvalue weighted by Crippen LogP contribution is 2.70. The summed E-state index contributed by atoms with van der Waals surface area (Å²) in [5.41, 5.74) is 0.631. The van der Waals surface area contributed by atoms with Crippen LogP contribution in [0, 0.1) is 47.3 Å². The summed E-state index contributed by atoms with van der Waals surface area (Å²) in [7, 11) is -4.14. The minimum Gasteiger partial charge on any atom is -0.481 e. The molecule has 6 rings (SSSR count). The van der Waals surface area contributed by atoms with Crippen LogP contribution in [0.1, 0.15) is 77.7 Å². The number of rotatable bonds is 17. The first-order chi connectivity index (χ1) is 27.0. The van der Waals surface area contributed by atoms with Gasteiger partial charge in [0.25, 0.3) is 0 Å². The van der Waals surface area contributed by atoms with E-state index >= 15 is 0 Å². The molecule has 13 atom stereocenters. The van der Waals surface area contributed by atoms with Crippen molar-refractivity contribution in [3.8, 4) is 0 Å². The number of hydrogen-bond acceptors (Lipinski definition) is 18. The molecule has 8 unspecified atom stereocenters. The average Bonchev–Trinajstić information content (AvgIpc) is 3.32. The van der Waals surface area contributed by atoms with Crippen LogP contribution in [0.2, 0.25) is 0 Å². The van der Waals surface area contributed by atoms with Crippen molar-refractivity contribution in [2.24, 2.45) is 40.4 Å². The van der Waals surface area contributed by atoms with Crippen LogP contribution in [0.5, 0.6) is 0 Å². The normalized spacial score (nSPS) is 37.8. The van der Waals surface area contributed by atoms with E-state index in [1.165, 1.54) is 12.1 Å². The molecule has 0 radical (unpaired) electrons. The fourth-order valence-electron chi connectivity index (χ4n) is 10.7. The number of ether oxygens (including phenoxy) is 3. The molecular weight excluding hydrogens is 813 g/mol. The Morgan fingerprint density at radius 2 is 1.67 bits per heavy atom. The van der Waals surface area contributed by atoms with Gasteiger partial charge in [-0.05, 0) is 98.7 Å². The predicted octanol–water partition coefficient (Wildman–Crippen LogP) is 5.82. The molecule has 2 bridgehead atoms. The second-order valence-corrected chi connectivity index (χ2v) is 19.7. The van der Waals surface area contributed by atoms with E-state index in [9.17, 15) is 28.2 Å². The first kappa shape index (κ1) is 44.7. The number of fused-ring (bicyclic) bond motifs is 3. The minimum absolute atomic E-state index is 0.0295. The largest absolute Gasteiger partial charge is 0.481 e. The number of carboxylic acids is 1. The quantitative estimate of drug-likeness (QED) is 0.0275. The Bertz CT molecular complexity index is 1700. The molecule has 1 spiro atoms. The van der Waals surface area contributed by atoms with E-state index < -0.39 is 87.2 Å². The summed E-state index contributed by atoms with van der Waals surface area (Å²) < 4.78 is 67.4. The van der Waals surface area contributed by atoms with Crippen molar-refractivity contribution in [3.63, 3.8) is 0 Å². The van der Waals surface area contributed by atoms with Gasteiger partial charge in [-0.15, -0.1) is 8.67 Å². The van der Waals surface area contributed by atoms with Crippen LogP contribution in [0.4, 0.5) is 0 Å². The van der Waals surface area contributed by atoms with Crippen LogP contribution >= 0.6 is 24.6 Å². The van der Waals surface area contributed by atoms with Gasteiger partial charge in [-0.2, -0.15) is 0 Å². The van der Waals surface area contributed by atoms with Crippen LogP contribution in [0.3, 0.4) is 0 Å². The number of hydrogen-bond donors (Lipinski definition) is 4. The molecule has 5 aliphatic rings. The van der Waals surface area contributed by atoms with Gasteiger partial charge in [0.1, 0.15) is 18.3 Å². The minimum atomic E-state index is -4.14. The SMILES string of the molecule is C=C1C2CCC3C4(C)CC(O[C@H]5O[C@H](CS(=O)(=O)c6ccc(C)cc6)[C@@H](OSOOO)[C@@H](OSOOO)C5OC(=O)CC(C)C)CC(C(=O)O)C4CCC3(C2)[C@H]1O. The third-order valence-electron chi connectivity index (χ3n) is 13.0. The monoisotopic (exact) mass is 864 g/mol. The number of aliphatic hydroxyl groups is 1. The van der Waals surface area contributed by atoms with Gasteiger partial charge >= 0.3 is 11.9 Å².